The Bertz CT molecular complexity index is 1560. The van der Waals surface area contributed by atoms with Crippen molar-refractivity contribution in [3.63, 3.8) is 0 Å². The first kappa shape index (κ1) is 25.8. The van der Waals surface area contributed by atoms with E-state index < -0.39 is 30.2 Å². The standard InChI is InChI=1S/C25H23F3N4O5S/c1-11-5-13(18-15(6-11)30-17(8-29-18)37-23(27)28)22-31-19-14(26)7-16-20(21(19)38-22)36-12(10-35-16)9-32(24(33)34)25(2,3)4/h5-8,12,23H,9-10H2,1-4H3,(H,33,34). The predicted molar refractivity (Wildman–Crippen MR) is 134 cm³/mol. The quantitative estimate of drug-likeness (QED) is 0.330. The molecular weight excluding hydrogens is 525 g/mol. The first-order valence-corrected chi connectivity index (χ1v) is 12.4. The lowest BCUT2D eigenvalue weighted by Gasteiger charge is -2.37. The Morgan fingerprint density at radius 2 is 2.03 bits per heavy atom. The van der Waals surface area contributed by atoms with Crippen LogP contribution in [0.3, 0.4) is 0 Å². The van der Waals surface area contributed by atoms with E-state index in [1.165, 1.54) is 11.0 Å². The summed E-state index contributed by atoms with van der Waals surface area (Å²) in [4.78, 5) is 25.9. The predicted octanol–water partition coefficient (Wildman–Crippen LogP) is 5.87. The average molecular weight is 549 g/mol. The molecule has 5 rings (SSSR count). The molecule has 38 heavy (non-hydrogen) atoms. The molecule has 0 spiro atoms. The van der Waals surface area contributed by atoms with Crippen LogP contribution in [0.1, 0.15) is 26.3 Å². The van der Waals surface area contributed by atoms with Crippen molar-refractivity contribution in [1.82, 2.24) is 19.9 Å². The molecule has 1 atom stereocenters. The molecular formula is C25H23F3N4O5S. The second kappa shape index (κ2) is 9.46. The molecule has 0 saturated heterocycles. The minimum Gasteiger partial charge on any atom is -0.486 e. The molecule has 0 bridgehead atoms. The third kappa shape index (κ3) is 4.85. The molecule has 0 fully saturated rings. The number of rotatable bonds is 5. The van der Waals surface area contributed by atoms with Crippen LogP contribution in [-0.2, 0) is 0 Å². The van der Waals surface area contributed by atoms with Crippen molar-refractivity contribution >= 4 is 38.7 Å². The Balaban J connectivity index is 1.56. The fraction of sp³-hybridized carbons (Fsp3) is 0.360. The number of alkyl halides is 2. The van der Waals surface area contributed by atoms with Crippen molar-refractivity contribution in [3.8, 4) is 28.0 Å². The van der Waals surface area contributed by atoms with Crippen LogP contribution in [0.25, 0.3) is 31.8 Å². The van der Waals surface area contributed by atoms with Crippen LogP contribution >= 0.6 is 11.3 Å². The molecule has 2 aromatic carbocycles. The van der Waals surface area contributed by atoms with Gasteiger partial charge in [0.2, 0.25) is 5.88 Å². The Labute approximate surface area is 218 Å². The maximum absolute atomic E-state index is 15.0. The molecule has 13 heteroatoms. The molecule has 0 radical (unpaired) electrons. The summed E-state index contributed by atoms with van der Waals surface area (Å²) in [5.74, 6) is -0.463. The lowest BCUT2D eigenvalue weighted by molar-refractivity contribution is -0.0528. The van der Waals surface area contributed by atoms with E-state index in [-0.39, 0.29) is 36.0 Å². The first-order chi connectivity index (χ1) is 17.9. The SMILES string of the molecule is Cc1cc(-c2nc3c(F)cc4c(c3s2)OC(CN(C(=O)O)C(C)(C)C)CO4)c2ncc(OC(F)F)nc2c1. The Morgan fingerprint density at radius 3 is 2.71 bits per heavy atom. The number of hydrogen-bond donors (Lipinski definition) is 1. The summed E-state index contributed by atoms with van der Waals surface area (Å²) < 4.78 is 57.0. The van der Waals surface area contributed by atoms with Crippen LogP contribution in [-0.4, -0.2) is 62.5 Å². The molecule has 1 aliphatic heterocycles. The van der Waals surface area contributed by atoms with Gasteiger partial charge in [0.15, 0.2) is 23.4 Å². The van der Waals surface area contributed by atoms with Gasteiger partial charge in [-0.05, 0) is 45.4 Å². The fourth-order valence-electron chi connectivity index (χ4n) is 4.21. The van der Waals surface area contributed by atoms with E-state index in [9.17, 15) is 18.7 Å². The van der Waals surface area contributed by atoms with Gasteiger partial charge >= 0.3 is 12.7 Å². The van der Waals surface area contributed by atoms with E-state index >= 15 is 4.39 Å². The summed E-state index contributed by atoms with van der Waals surface area (Å²) in [6, 6.07) is 4.66. The second-order valence-electron chi connectivity index (χ2n) is 9.76. The normalized spacial score (nSPS) is 15.3. The van der Waals surface area contributed by atoms with Crippen molar-refractivity contribution in [3.05, 3.63) is 35.8 Å². The largest absolute Gasteiger partial charge is 0.486 e. The van der Waals surface area contributed by atoms with E-state index in [1.807, 2.05) is 0 Å². The van der Waals surface area contributed by atoms with Crippen LogP contribution in [0.4, 0.5) is 18.0 Å². The molecule has 1 N–H and O–H groups in total. The highest BCUT2D eigenvalue weighted by Crippen LogP contribution is 2.46. The van der Waals surface area contributed by atoms with E-state index in [0.717, 1.165) is 23.1 Å². The zero-order valence-electron chi connectivity index (χ0n) is 20.8. The van der Waals surface area contributed by atoms with Crippen molar-refractivity contribution in [2.75, 3.05) is 13.2 Å². The average Bonchev–Trinajstić information content (AvgIpc) is 3.27. The number of ether oxygens (including phenoxy) is 3. The number of fused-ring (bicyclic) bond motifs is 4. The maximum Gasteiger partial charge on any atom is 0.407 e. The van der Waals surface area contributed by atoms with Crippen LogP contribution < -0.4 is 14.2 Å². The molecule has 0 aliphatic carbocycles. The Morgan fingerprint density at radius 1 is 1.26 bits per heavy atom. The number of amides is 1. The van der Waals surface area contributed by atoms with Crippen molar-refractivity contribution in [2.45, 2.75) is 45.9 Å². The molecule has 3 heterocycles. The molecule has 2 aromatic heterocycles. The van der Waals surface area contributed by atoms with Gasteiger partial charge in [-0.2, -0.15) is 8.78 Å². The number of benzene rings is 2. The van der Waals surface area contributed by atoms with Crippen molar-refractivity contribution in [2.24, 2.45) is 0 Å². The number of halogens is 3. The van der Waals surface area contributed by atoms with Crippen molar-refractivity contribution < 1.29 is 37.3 Å². The lowest BCUT2D eigenvalue weighted by Crippen LogP contribution is -2.51. The van der Waals surface area contributed by atoms with Gasteiger partial charge in [-0.3, -0.25) is 4.90 Å². The smallest absolute Gasteiger partial charge is 0.407 e. The molecule has 9 nitrogen and oxygen atoms in total. The van der Waals surface area contributed by atoms with Gasteiger partial charge in [0.05, 0.1) is 23.8 Å². The van der Waals surface area contributed by atoms with Gasteiger partial charge < -0.3 is 19.3 Å². The molecule has 1 unspecified atom stereocenters. The zero-order chi connectivity index (χ0) is 27.4. The summed E-state index contributed by atoms with van der Waals surface area (Å²) >= 11 is 1.15. The van der Waals surface area contributed by atoms with Gasteiger partial charge in [-0.25, -0.2) is 24.1 Å². The highest BCUT2D eigenvalue weighted by molar-refractivity contribution is 7.22. The number of carboxylic acid groups (broad SMARTS) is 1. The van der Waals surface area contributed by atoms with Gasteiger partial charge in [-0.1, -0.05) is 0 Å². The second-order valence-corrected chi connectivity index (χ2v) is 10.8. The summed E-state index contributed by atoms with van der Waals surface area (Å²) in [5.41, 5.74) is 1.37. The first-order valence-electron chi connectivity index (χ1n) is 11.6. The zero-order valence-corrected chi connectivity index (χ0v) is 21.6. The molecule has 1 aliphatic rings. The third-order valence-corrected chi connectivity index (χ3v) is 6.97. The van der Waals surface area contributed by atoms with Gasteiger partial charge in [0.1, 0.15) is 21.8 Å². The van der Waals surface area contributed by atoms with Crippen LogP contribution in [0.5, 0.6) is 17.4 Å². The van der Waals surface area contributed by atoms with Crippen LogP contribution in [0.15, 0.2) is 24.4 Å². The van der Waals surface area contributed by atoms with Crippen LogP contribution in [0.2, 0.25) is 0 Å². The van der Waals surface area contributed by atoms with Gasteiger partial charge in [0.25, 0.3) is 0 Å². The number of aromatic nitrogens is 3. The van der Waals surface area contributed by atoms with Gasteiger partial charge in [-0.15, -0.1) is 11.3 Å². The fourth-order valence-corrected chi connectivity index (χ4v) is 5.28. The highest BCUT2D eigenvalue weighted by Gasteiger charge is 2.33. The van der Waals surface area contributed by atoms with E-state index in [2.05, 4.69) is 19.7 Å². The maximum atomic E-state index is 15.0. The number of nitrogens with zero attached hydrogens (tertiary/aromatic N) is 4. The Hall–Kier alpha value is -3.87. The minimum atomic E-state index is -3.04. The monoisotopic (exact) mass is 548 g/mol. The number of thiazole rings is 1. The lowest BCUT2D eigenvalue weighted by atomic mass is 10.1. The summed E-state index contributed by atoms with van der Waals surface area (Å²) in [6.07, 6.45) is -0.629. The van der Waals surface area contributed by atoms with E-state index in [4.69, 9.17) is 9.47 Å². The summed E-state index contributed by atoms with van der Waals surface area (Å²) in [7, 11) is 0. The molecule has 4 aromatic rings. The van der Waals surface area contributed by atoms with Crippen LogP contribution in [0, 0.1) is 12.7 Å². The number of carbonyl (C=O) groups is 1. The number of aryl methyl sites for hydroxylation is 1. The summed E-state index contributed by atoms with van der Waals surface area (Å²) in [5, 5.41) is 10.1. The minimum absolute atomic E-state index is 0.0456. The summed E-state index contributed by atoms with van der Waals surface area (Å²) in [6.45, 7) is 4.18. The third-order valence-electron chi connectivity index (χ3n) is 5.89. The topological polar surface area (TPSA) is 107 Å². The van der Waals surface area contributed by atoms with E-state index in [1.54, 1.807) is 39.8 Å². The van der Waals surface area contributed by atoms with Gasteiger partial charge in [0, 0.05) is 17.2 Å². The Kier molecular flexibility index (Phi) is 6.41. The molecule has 0 saturated carbocycles. The van der Waals surface area contributed by atoms with E-state index in [0.29, 0.717) is 26.3 Å². The highest BCUT2D eigenvalue weighted by atomic mass is 32.1. The molecule has 1 amide bonds. The number of hydrogen-bond acceptors (Lipinski definition) is 8. The molecule has 200 valence electrons. The van der Waals surface area contributed by atoms with Crippen molar-refractivity contribution in [1.29, 1.82) is 0 Å².